The third-order valence-electron chi connectivity index (χ3n) is 6.18. The van der Waals surface area contributed by atoms with E-state index in [0.29, 0.717) is 25.7 Å². The van der Waals surface area contributed by atoms with Gasteiger partial charge in [0.05, 0.1) is 0 Å². The van der Waals surface area contributed by atoms with Crippen molar-refractivity contribution >= 4 is 5.91 Å². The van der Waals surface area contributed by atoms with Gasteiger partial charge in [0.2, 0.25) is 5.91 Å². The number of hydrogen-bond acceptors (Lipinski definition) is 4. The molecule has 180 valence electrons. The molecule has 0 unspecified atom stereocenters. The van der Waals surface area contributed by atoms with Crippen molar-refractivity contribution in [3.8, 4) is 0 Å². The maximum absolute atomic E-state index is 12.3. The Morgan fingerprint density at radius 3 is 1.27 bits per heavy atom. The first-order valence-electron chi connectivity index (χ1n) is 12.8. The van der Waals surface area contributed by atoms with Crippen LogP contribution in [0.3, 0.4) is 0 Å². The van der Waals surface area contributed by atoms with Crippen LogP contribution >= 0.6 is 0 Å². The van der Waals surface area contributed by atoms with E-state index in [1.54, 1.807) is 0 Å². The van der Waals surface area contributed by atoms with Crippen LogP contribution in [0.1, 0.15) is 129 Å². The van der Waals surface area contributed by atoms with Gasteiger partial charge in [0.15, 0.2) is 0 Å². The predicted molar refractivity (Wildman–Crippen MR) is 126 cm³/mol. The Morgan fingerprint density at radius 1 is 0.600 bits per heavy atom. The number of unbranched alkanes of at least 4 members (excludes halogenated alkanes) is 14. The fourth-order valence-corrected chi connectivity index (χ4v) is 4.22. The lowest BCUT2D eigenvalue weighted by Gasteiger charge is -2.33. The number of aliphatic hydroxyl groups is 3. The Balaban J connectivity index is 3.61. The zero-order valence-electron chi connectivity index (χ0n) is 19.8. The molecule has 0 rings (SSSR count). The molecule has 0 atom stereocenters. The number of amides is 1. The van der Waals surface area contributed by atoms with Crippen LogP contribution < -0.4 is 5.32 Å². The number of aliphatic hydroxyl groups excluding tert-OH is 3. The van der Waals surface area contributed by atoms with Crippen molar-refractivity contribution in [2.24, 2.45) is 0 Å². The number of carbonyl (C=O) groups excluding carboxylic acids is 1. The average molecular weight is 430 g/mol. The molecule has 0 radical (unpaired) electrons. The maximum Gasteiger partial charge on any atom is 0.220 e. The van der Waals surface area contributed by atoms with Crippen molar-refractivity contribution < 1.29 is 20.1 Å². The smallest absolute Gasteiger partial charge is 0.220 e. The second-order valence-corrected chi connectivity index (χ2v) is 8.95. The highest BCUT2D eigenvalue weighted by Gasteiger charge is 2.30. The van der Waals surface area contributed by atoms with Crippen LogP contribution in [0.4, 0.5) is 0 Å². The third-order valence-corrected chi connectivity index (χ3v) is 6.18. The third kappa shape index (κ3) is 17.1. The summed E-state index contributed by atoms with van der Waals surface area (Å²) >= 11 is 0. The lowest BCUT2D eigenvalue weighted by molar-refractivity contribution is -0.123. The van der Waals surface area contributed by atoms with E-state index in [-0.39, 0.29) is 25.7 Å². The van der Waals surface area contributed by atoms with Gasteiger partial charge in [0.25, 0.3) is 0 Å². The molecule has 4 N–H and O–H groups in total. The summed E-state index contributed by atoms with van der Waals surface area (Å²) in [6, 6.07) is 0. The van der Waals surface area contributed by atoms with Crippen LogP contribution in [0.25, 0.3) is 0 Å². The van der Waals surface area contributed by atoms with Crippen LogP contribution in [-0.2, 0) is 4.79 Å². The molecule has 1 amide bonds. The fraction of sp³-hybridized carbons (Fsp3) is 0.960. The molecule has 30 heavy (non-hydrogen) atoms. The van der Waals surface area contributed by atoms with Gasteiger partial charge in [-0.2, -0.15) is 0 Å². The normalized spacial score (nSPS) is 11.7. The van der Waals surface area contributed by atoms with E-state index in [1.165, 1.54) is 83.5 Å². The summed E-state index contributed by atoms with van der Waals surface area (Å²) in [5, 5.41) is 30.8. The van der Waals surface area contributed by atoms with Crippen LogP contribution in [-0.4, -0.2) is 46.6 Å². The van der Waals surface area contributed by atoms with Crippen LogP contribution in [0.2, 0.25) is 0 Å². The highest BCUT2D eigenvalue weighted by Crippen LogP contribution is 2.20. The summed E-state index contributed by atoms with van der Waals surface area (Å²) in [6.07, 6.45) is 21.1. The monoisotopic (exact) mass is 429 g/mol. The van der Waals surface area contributed by atoms with Crippen molar-refractivity contribution in [3.05, 3.63) is 0 Å². The Hall–Kier alpha value is -0.650. The number of rotatable bonds is 23. The van der Waals surface area contributed by atoms with E-state index >= 15 is 0 Å². The van der Waals surface area contributed by atoms with E-state index in [4.69, 9.17) is 0 Å². The van der Waals surface area contributed by atoms with Crippen molar-refractivity contribution in [3.63, 3.8) is 0 Å². The Bertz CT molecular complexity index is 359. The number of carbonyl (C=O) groups is 1. The first-order chi connectivity index (χ1) is 14.6. The topological polar surface area (TPSA) is 89.8 Å². The second kappa shape index (κ2) is 21.6. The maximum atomic E-state index is 12.3. The van der Waals surface area contributed by atoms with Gasteiger partial charge in [-0.1, -0.05) is 96.8 Å². The van der Waals surface area contributed by atoms with E-state index in [9.17, 15) is 20.1 Å². The second-order valence-electron chi connectivity index (χ2n) is 8.95. The lowest BCUT2D eigenvalue weighted by atomic mass is 9.88. The summed E-state index contributed by atoms with van der Waals surface area (Å²) in [4.78, 5) is 12.3. The van der Waals surface area contributed by atoms with Crippen molar-refractivity contribution in [2.45, 2.75) is 134 Å². The molecular formula is C25H51NO4. The molecule has 0 heterocycles. The van der Waals surface area contributed by atoms with Gasteiger partial charge in [0.1, 0.15) is 0 Å². The van der Waals surface area contributed by atoms with Gasteiger partial charge < -0.3 is 20.6 Å². The zero-order valence-corrected chi connectivity index (χ0v) is 19.8. The molecule has 0 aliphatic heterocycles. The highest BCUT2D eigenvalue weighted by molar-refractivity contribution is 5.76. The van der Waals surface area contributed by atoms with E-state index in [0.717, 1.165) is 12.8 Å². The summed E-state index contributed by atoms with van der Waals surface area (Å²) < 4.78 is 0. The minimum Gasteiger partial charge on any atom is -0.396 e. The molecule has 5 nitrogen and oxygen atoms in total. The molecule has 0 aliphatic carbocycles. The quantitative estimate of drug-likeness (QED) is 0.167. The van der Waals surface area contributed by atoms with Crippen molar-refractivity contribution in [2.75, 3.05) is 19.8 Å². The van der Waals surface area contributed by atoms with Gasteiger partial charge in [-0.3, -0.25) is 4.79 Å². The molecule has 5 heteroatoms. The van der Waals surface area contributed by atoms with Gasteiger partial charge in [0, 0.05) is 31.8 Å². The molecule has 0 aromatic heterocycles. The number of hydrogen-bond donors (Lipinski definition) is 4. The minimum absolute atomic E-state index is 0.0416. The molecule has 0 aromatic rings. The molecule has 0 saturated heterocycles. The first-order valence-corrected chi connectivity index (χ1v) is 12.8. The van der Waals surface area contributed by atoms with Gasteiger partial charge in [-0.15, -0.1) is 0 Å². The molecule has 0 aliphatic rings. The Kier molecular flexibility index (Phi) is 21.1. The lowest BCUT2D eigenvalue weighted by Crippen LogP contribution is -2.50. The summed E-state index contributed by atoms with van der Waals surface area (Å²) in [5.41, 5.74) is -0.690. The summed E-state index contributed by atoms with van der Waals surface area (Å²) in [5.74, 6) is -0.0416. The van der Waals surface area contributed by atoms with E-state index < -0.39 is 5.54 Å². The average Bonchev–Trinajstić information content (AvgIpc) is 2.71. The molecule has 0 spiro atoms. The molecule has 0 fully saturated rings. The van der Waals surface area contributed by atoms with Crippen molar-refractivity contribution in [1.82, 2.24) is 5.32 Å². The van der Waals surface area contributed by atoms with Gasteiger partial charge in [-0.05, 0) is 25.7 Å². The molecule has 0 saturated carbocycles. The zero-order chi connectivity index (χ0) is 22.3. The van der Waals surface area contributed by atoms with E-state index in [2.05, 4.69) is 12.2 Å². The highest BCUT2D eigenvalue weighted by atomic mass is 16.3. The Morgan fingerprint density at radius 2 is 0.933 bits per heavy atom. The summed E-state index contributed by atoms with van der Waals surface area (Å²) in [7, 11) is 0. The van der Waals surface area contributed by atoms with Gasteiger partial charge in [-0.25, -0.2) is 0 Å². The first kappa shape index (κ1) is 29.4. The standard InChI is InChI=1S/C25H51NO4/c1-2-3-4-5-6-7-8-9-10-11-12-13-14-15-16-17-24(30)26-25(18-21-27,19-22-28)20-23-29/h27-29H,2-23H2,1H3,(H,26,30). The van der Waals surface area contributed by atoms with Crippen molar-refractivity contribution in [1.29, 1.82) is 0 Å². The van der Waals surface area contributed by atoms with Gasteiger partial charge >= 0.3 is 0 Å². The summed E-state index contributed by atoms with van der Waals surface area (Å²) in [6.45, 7) is 2.05. The number of nitrogens with one attached hydrogen (secondary N) is 1. The minimum atomic E-state index is -0.690. The fourth-order valence-electron chi connectivity index (χ4n) is 4.22. The van der Waals surface area contributed by atoms with Crippen LogP contribution in [0.15, 0.2) is 0 Å². The molecule has 0 bridgehead atoms. The Labute approximate surface area is 186 Å². The van der Waals surface area contributed by atoms with E-state index in [1.807, 2.05) is 0 Å². The SMILES string of the molecule is CCCCCCCCCCCCCCCCCC(=O)NC(CCO)(CCO)CCO. The van der Waals surface area contributed by atoms with Crippen LogP contribution in [0, 0.1) is 0 Å². The molecular weight excluding hydrogens is 378 g/mol. The molecule has 0 aromatic carbocycles. The predicted octanol–water partition coefficient (Wildman–Crippen LogP) is 5.25. The largest absolute Gasteiger partial charge is 0.396 e. The van der Waals surface area contributed by atoms with Crippen LogP contribution in [0.5, 0.6) is 0 Å².